The summed E-state index contributed by atoms with van der Waals surface area (Å²) in [5.41, 5.74) is 1.92. The summed E-state index contributed by atoms with van der Waals surface area (Å²) in [6.07, 6.45) is 12.0. The summed E-state index contributed by atoms with van der Waals surface area (Å²) in [7, 11) is 0. The van der Waals surface area contributed by atoms with Gasteiger partial charge in [-0.3, -0.25) is 20.2 Å². The standard InChI is InChI=1S/C21H16N3O5/c25-22-18(10-4-16-6-12-20(13-7-16)23(26)27)2-1-3-19(22)11-5-17-8-14-21(15-9-17)24(28)29/h1-15,18H/q+1/b10-4+,11-5+. The Morgan fingerprint density at radius 1 is 0.793 bits per heavy atom. The maximum absolute atomic E-state index is 12.6. The summed E-state index contributed by atoms with van der Waals surface area (Å²) in [5.74, 6) is 0. The van der Waals surface area contributed by atoms with E-state index in [4.69, 9.17) is 0 Å². The van der Waals surface area contributed by atoms with Gasteiger partial charge in [0.2, 0.25) is 6.04 Å². The molecule has 2 aromatic rings. The Kier molecular flexibility index (Phi) is 5.84. The van der Waals surface area contributed by atoms with Gasteiger partial charge >= 0.3 is 0 Å². The molecule has 0 N–H and O–H groups in total. The molecule has 8 nitrogen and oxygen atoms in total. The minimum absolute atomic E-state index is 0.00358. The molecule has 0 fully saturated rings. The van der Waals surface area contributed by atoms with E-state index in [9.17, 15) is 25.1 Å². The van der Waals surface area contributed by atoms with E-state index in [2.05, 4.69) is 0 Å². The van der Waals surface area contributed by atoms with E-state index in [1.54, 1.807) is 66.8 Å². The van der Waals surface area contributed by atoms with Gasteiger partial charge in [0.15, 0.2) is 0 Å². The van der Waals surface area contributed by atoms with Crippen LogP contribution in [0.3, 0.4) is 0 Å². The van der Waals surface area contributed by atoms with E-state index < -0.39 is 15.9 Å². The number of non-ortho nitro benzene ring substituents is 2. The van der Waals surface area contributed by atoms with E-state index >= 15 is 0 Å². The Bertz CT molecular complexity index is 1060. The zero-order valence-corrected chi connectivity index (χ0v) is 15.1. The van der Waals surface area contributed by atoms with Crippen molar-refractivity contribution in [1.82, 2.24) is 0 Å². The van der Waals surface area contributed by atoms with Crippen LogP contribution in [0.1, 0.15) is 11.1 Å². The molecule has 0 spiro atoms. The fraction of sp³-hybridized carbons (Fsp3) is 0.0476. The van der Waals surface area contributed by atoms with Crippen molar-refractivity contribution in [3.63, 3.8) is 0 Å². The molecule has 1 aliphatic heterocycles. The number of nitrogens with zero attached hydrogens (tertiary/aromatic N) is 3. The van der Waals surface area contributed by atoms with Gasteiger partial charge in [0.1, 0.15) is 0 Å². The molecule has 0 aliphatic carbocycles. The van der Waals surface area contributed by atoms with Crippen LogP contribution in [0.5, 0.6) is 0 Å². The summed E-state index contributed by atoms with van der Waals surface area (Å²) >= 11 is 0. The van der Waals surface area contributed by atoms with Crippen molar-refractivity contribution in [2.75, 3.05) is 0 Å². The summed E-state index contributed by atoms with van der Waals surface area (Å²) < 4.78 is 0.837. The maximum atomic E-state index is 12.6. The molecule has 1 aliphatic rings. The van der Waals surface area contributed by atoms with Crippen molar-refractivity contribution in [3.05, 3.63) is 121 Å². The molecule has 0 amide bonds. The van der Waals surface area contributed by atoms with Gasteiger partial charge in [0.05, 0.1) is 9.85 Å². The predicted molar refractivity (Wildman–Crippen MR) is 109 cm³/mol. The van der Waals surface area contributed by atoms with E-state index in [1.165, 1.54) is 24.3 Å². The van der Waals surface area contributed by atoms with Crippen LogP contribution in [-0.4, -0.2) is 20.6 Å². The number of allylic oxidation sites excluding steroid dienone is 3. The number of nitro groups is 2. The highest BCUT2D eigenvalue weighted by molar-refractivity contribution is 5.55. The van der Waals surface area contributed by atoms with Crippen LogP contribution in [0.15, 0.2) is 84.6 Å². The normalized spacial score (nSPS) is 16.3. The second-order valence-corrected chi connectivity index (χ2v) is 6.18. The quantitative estimate of drug-likeness (QED) is 0.399. The molecule has 0 saturated heterocycles. The highest BCUT2D eigenvalue weighted by Crippen LogP contribution is 2.18. The highest BCUT2D eigenvalue weighted by Gasteiger charge is 2.25. The highest BCUT2D eigenvalue weighted by atomic mass is 16.6. The molecule has 29 heavy (non-hydrogen) atoms. The zero-order chi connectivity index (χ0) is 20.8. The smallest absolute Gasteiger partial charge is 0.258 e. The molecule has 2 aromatic carbocycles. The lowest BCUT2D eigenvalue weighted by Gasteiger charge is -2.04. The summed E-state index contributed by atoms with van der Waals surface area (Å²) in [6.45, 7) is 0. The first-order valence-electron chi connectivity index (χ1n) is 8.64. The van der Waals surface area contributed by atoms with Crippen LogP contribution in [-0.2, 0) is 0 Å². The van der Waals surface area contributed by atoms with Crippen LogP contribution in [0, 0.1) is 25.1 Å². The Hall–Kier alpha value is -4.20. The van der Waals surface area contributed by atoms with Gasteiger partial charge in [-0.15, -0.1) is 0 Å². The van der Waals surface area contributed by atoms with Crippen LogP contribution in [0.4, 0.5) is 11.4 Å². The molecule has 1 heterocycles. The number of hydrogen-bond acceptors (Lipinski definition) is 5. The lowest BCUT2D eigenvalue weighted by Crippen LogP contribution is -2.20. The average Bonchev–Trinajstić information content (AvgIpc) is 2.72. The third-order valence-corrected chi connectivity index (χ3v) is 4.24. The third kappa shape index (κ3) is 4.95. The maximum Gasteiger partial charge on any atom is 0.269 e. The molecule has 144 valence electrons. The molecule has 0 radical (unpaired) electrons. The Balaban J connectivity index is 1.68. The first-order valence-corrected chi connectivity index (χ1v) is 8.64. The SMILES string of the molecule is O=[N+]([O-])c1ccc(/C=C/C2=CC=CC(/C=C/c3ccc([N+](=O)[O-])cc3)[N+]2=O)cc1. The minimum Gasteiger partial charge on any atom is -0.258 e. The number of nitroso groups, excluding NO2 is 1. The molecule has 0 saturated carbocycles. The molecule has 3 rings (SSSR count). The Morgan fingerprint density at radius 3 is 1.83 bits per heavy atom. The lowest BCUT2D eigenvalue weighted by molar-refractivity contribution is -0.511. The fourth-order valence-electron chi connectivity index (χ4n) is 2.67. The monoisotopic (exact) mass is 390 g/mol. The van der Waals surface area contributed by atoms with Crippen molar-refractivity contribution < 1.29 is 14.6 Å². The van der Waals surface area contributed by atoms with Gasteiger partial charge in [-0.25, -0.2) is 0 Å². The first kappa shape index (κ1) is 19.6. The largest absolute Gasteiger partial charge is 0.269 e. The minimum atomic E-state index is -0.522. The van der Waals surface area contributed by atoms with E-state index in [1.807, 2.05) is 0 Å². The van der Waals surface area contributed by atoms with Crippen LogP contribution in [0.2, 0.25) is 0 Å². The molecule has 0 aromatic heterocycles. The average molecular weight is 390 g/mol. The summed E-state index contributed by atoms with van der Waals surface area (Å²) in [4.78, 5) is 33.0. The van der Waals surface area contributed by atoms with Crippen molar-refractivity contribution in [2.24, 2.45) is 0 Å². The second kappa shape index (κ2) is 8.66. The molecule has 8 heteroatoms. The van der Waals surface area contributed by atoms with Crippen LogP contribution >= 0.6 is 0 Å². The Morgan fingerprint density at radius 2 is 1.31 bits per heavy atom. The predicted octanol–water partition coefficient (Wildman–Crippen LogP) is 4.83. The molecular weight excluding hydrogens is 374 g/mol. The molecule has 1 unspecified atom stereocenters. The van der Waals surface area contributed by atoms with Crippen LogP contribution < -0.4 is 0 Å². The van der Waals surface area contributed by atoms with Gasteiger partial charge in [-0.2, -0.15) is 0 Å². The van der Waals surface area contributed by atoms with Crippen LogP contribution in [0.25, 0.3) is 12.2 Å². The van der Waals surface area contributed by atoms with E-state index in [-0.39, 0.29) is 11.4 Å². The number of hydrogen-bond donors (Lipinski definition) is 0. The Labute approximate surface area is 165 Å². The van der Waals surface area contributed by atoms with Gasteiger partial charge in [0.25, 0.3) is 17.1 Å². The molecule has 1 atom stereocenters. The van der Waals surface area contributed by atoms with E-state index in [0.29, 0.717) is 5.70 Å². The molecular formula is C21H16N3O5+. The third-order valence-electron chi connectivity index (χ3n) is 4.24. The first-order chi connectivity index (χ1) is 13.9. The number of nitro benzene ring substituents is 2. The van der Waals surface area contributed by atoms with Crippen molar-refractivity contribution in [3.8, 4) is 0 Å². The van der Waals surface area contributed by atoms with Gasteiger partial charge in [-0.1, -0.05) is 12.2 Å². The van der Waals surface area contributed by atoms with Crippen molar-refractivity contribution >= 4 is 23.5 Å². The lowest BCUT2D eigenvalue weighted by atomic mass is 10.1. The van der Waals surface area contributed by atoms with Gasteiger partial charge in [0, 0.05) is 46.1 Å². The topological polar surface area (TPSA) is 106 Å². The second-order valence-electron chi connectivity index (χ2n) is 6.18. The molecule has 0 bridgehead atoms. The fourth-order valence-corrected chi connectivity index (χ4v) is 2.67. The van der Waals surface area contributed by atoms with Crippen molar-refractivity contribution in [2.45, 2.75) is 6.04 Å². The summed E-state index contributed by atoms with van der Waals surface area (Å²) in [5, 5.41) is 21.4. The van der Waals surface area contributed by atoms with Gasteiger partial charge in [-0.05, 0) is 53.6 Å². The van der Waals surface area contributed by atoms with E-state index in [0.717, 1.165) is 15.9 Å². The number of rotatable bonds is 6. The summed E-state index contributed by atoms with van der Waals surface area (Å²) in [6, 6.07) is 11.5. The zero-order valence-electron chi connectivity index (χ0n) is 15.1. The van der Waals surface area contributed by atoms with Crippen molar-refractivity contribution in [1.29, 1.82) is 0 Å². The number of benzene rings is 2. The van der Waals surface area contributed by atoms with Gasteiger partial charge < -0.3 is 0 Å².